The van der Waals surface area contributed by atoms with Crippen molar-refractivity contribution in [1.82, 2.24) is 20.0 Å². The number of nitrogens with zero attached hydrogens (tertiary/aromatic N) is 3. The van der Waals surface area contributed by atoms with Crippen LogP contribution < -0.4 is 5.32 Å². The molecule has 2 aromatic carbocycles. The molecule has 2 aromatic rings. The molecule has 4 rings (SSSR count). The minimum Gasteiger partial charge on any atom is -0.340 e. The third kappa shape index (κ3) is 8.78. The number of nitrogens with one attached hydrogen (secondary N) is 1. The highest BCUT2D eigenvalue weighted by molar-refractivity contribution is 7.91. The molecule has 230 valence electrons. The predicted octanol–water partition coefficient (Wildman–Crippen LogP) is 2.52. The molecule has 0 saturated carbocycles. The maximum Gasteiger partial charge on any atom is 0.317 e. The van der Waals surface area contributed by atoms with Gasteiger partial charge in [0.05, 0.1) is 28.9 Å². The zero-order chi connectivity index (χ0) is 30.3. The molecular formula is C30H42N4O6S2. The fraction of sp³-hybridized carbons (Fsp3) is 0.533. The maximum atomic E-state index is 13.2. The third-order valence-corrected chi connectivity index (χ3v) is 11.0. The van der Waals surface area contributed by atoms with Gasteiger partial charge in [-0.1, -0.05) is 42.5 Å². The highest BCUT2D eigenvalue weighted by atomic mass is 32.2. The van der Waals surface area contributed by atoms with Crippen LogP contribution in [0.1, 0.15) is 43.4 Å². The first-order chi connectivity index (χ1) is 19.9. The van der Waals surface area contributed by atoms with E-state index in [9.17, 15) is 26.4 Å². The van der Waals surface area contributed by atoms with Crippen LogP contribution in [0, 0.1) is 0 Å². The summed E-state index contributed by atoms with van der Waals surface area (Å²) in [5.74, 6) is 0.0383. The lowest BCUT2D eigenvalue weighted by Gasteiger charge is -2.38. The number of benzene rings is 2. The lowest BCUT2D eigenvalue weighted by atomic mass is 10.00. The van der Waals surface area contributed by atoms with Crippen molar-refractivity contribution in [2.45, 2.75) is 49.6 Å². The van der Waals surface area contributed by atoms with Crippen molar-refractivity contribution in [1.29, 1.82) is 0 Å². The Morgan fingerprint density at radius 2 is 1.60 bits per heavy atom. The summed E-state index contributed by atoms with van der Waals surface area (Å²) in [5, 5.41) is 3.14. The van der Waals surface area contributed by atoms with Crippen molar-refractivity contribution >= 4 is 31.6 Å². The molecule has 0 aliphatic carbocycles. The molecule has 3 amide bonds. The average Bonchev–Trinajstić information content (AvgIpc) is 2.96. The molecule has 42 heavy (non-hydrogen) atoms. The normalized spacial score (nSPS) is 18.8. The van der Waals surface area contributed by atoms with Gasteiger partial charge in [0.2, 0.25) is 5.91 Å². The van der Waals surface area contributed by atoms with Crippen molar-refractivity contribution in [3.63, 3.8) is 0 Å². The van der Waals surface area contributed by atoms with E-state index in [1.165, 1.54) is 6.26 Å². The highest BCUT2D eigenvalue weighted by Crippen LogP contribution is 2.22. The smallest absolute Gasteiger partial charge is 0.317 e. The van der Waals surface area contributed by atoms with Gasteiger partial charge in [0.1, 0.15) is 0 Å². The fourth-order valence-corrected chi connectivity index (χ4v) is 7.53. The Kier molecular flexibility index (Phi) is 10.7. The van der Waals surface area contributed by atoms with Crippen LogP contribution in [-0.2, 0) is 30.9 Å². The quantitative estimate of drug-likeness (QED) is 0.434. The molecule has 0 spiro atoms. The maximum absolute atomic E-state index is 13.2. The lowest BCUT2D eigenvalue weighted by molar-refractivity contribution is -0.133. The largest absolute Gasteiger partial charge is 0.340 e. The molecule has 10 nitrogen and oxygen atoms in total. The molecule has 0 aromatic heterocycles. The van der Waals surface area contributed by atoms with Gasteiger partial charge in [-0.05, 0) is 49.4 Å². The second-order valence-electron chi connectivity index (χ2n) is 11.2. The van der Waals surface area contributed by atoms with Crippen LogP contribution in [0.5, 0.6) is 0 Å². The van der Waals surface area contributed by atoms with Crippen LogP contribution in [0.25, 0.3) is 0 Å². The lowest BCUT2D eigenvalue weighted by Crippen LogP contribution is -2.50. The SMILES string of the molecule is CCN(C(=O)Cc1ccc(S(C)(=O)=O)cc1)C1CCN(CC[C@H](NC(=O)N2CCS(=O)(=O)CC2)c2ccccc2)CC1. The van der Waals surface area contributed by atoms with Gasteiger partial charge in [-0.15, -0.1) is 0 Å². The Morgan fingerprint density at radius 3 is 2.17 bits per heavy atom. The van der Waals surface area contributed by atoms with E-state index < -0.39 is 19.7 Å². The number of piperidine rings is 1. The van der Waals surface area contributed by atoms with E-state index >= 15 is 0 Å². The fourth-order valence-electron chi connectivity index (χ4n) is 5.70. The zero-order valence-electron chi connectivity index (χ0n) is 24.4. The van der Waals surface area contributed by atoms with Crippen molar-refractivity contribution in [2.24, 2.45) is 0 Å². The molecule has 2 aliphatic rings. The van der Waals surface area contributed by atoms with Gasteiger partial charge in [-0.25, -0.2) is 21.6 Å². The molecule has 0 bridgehead atoms. The van der Waals surface area contributed by atoms with Gasteiger partial charge >= 0.3 is 6.03 Å². The number of rotatable bonds is 10. The number of amides is 3. The summed E-state index contributed by atoms with van der Waals surface area (Å²) in [6, 6.07) is 16.1. The van der Waals surface area contributed by atoms with Crippen molar-refractivity contribution < 1.29 is 26.4 Å². The minimum atomic E-state index is -3.28. The van der Waals surface area contributed by atoms with Crippen LogP contribution in [-0.4, -0.2) is 107 Å². The van der Waals surface area contributed by atoms with Crippen LogP contribution in [0.3, 0.4) is 0 Å². The van der Waals surface area contributed by atoms with E-state index in [0.29, 0.717) is 13.0 Å². The highest BCUT2D eigenvalue weighted by Gasteiger charge is 2.29. The van der Waals surface area contributed by atoms with Gasteiger partial charge < -0.3 is 20.0 Å². The van der Waals surface area contributed by atoms with Gasteiger partial charge in [-0.2, -0.15) is 0 Å². The Balaban J connectivity index is 1.29. The summed E-state index contributed by atoms with van der Waals surface area (Å²) in [6.45, 7) is 5.50. The summed E-state index contributed by atoms with van der Waals surface area (Å²) < 4.78 is 47.0. The zero-order valence-corrected chi connectivity index (χ0v) is 26.1. The van der Waals surface area contributed by atoms with Crippen LogP contribution in [0.2, 0.25) is 0 Å². The average molecular weight is 619 g/mol. The summed E-state index contributed by atoms with van der Waals surface area (Å²) in [4.78, 5) is 32.3. The summed E-state index contributed by atoms with van der Waals surface area (Å²) in [6.07, 6.45) is 3.84. The van der Waals surface area contributed by atoms with E-state index in [2.05, 4.69) is 10.2 Å². The number of likely N-dealkylation sites (tertiary alicyclic amines) is 1. The number of likely N-dealkylation sites (N-methyl/N-ethyl adjacent to an activating group) is 1. The van der Waals surface area contributed by atoms with Gasteiger partial charge in [0.25, 0.3) is 0 Å². The Hall–Kier alpha value is -2.96. The standard InChI is InChI=1S/C30H42N4O6S2/c1-3-34(29(35)23-24-9-11-27(12-10-24)41(2,37)38)26-13-16-32(17-14-26)18-15-28(25-7-5-4-6-8-25)31-30(36)33-19-21-42(39,40)22-20-33/h4-12,26,28H,3,13-23H2,1-2H3,(H,31,36)/t28-/m0/s1. The number of carbonyl (C=O) groups is 2. The van der Waals surface area contributed by atoms with Crippen molar-refractivity contribution in [3.8, 4) is 0 Å². The summed E-state index contributed by atoms with van der Waals surface area (Å²) >= 11 is 0. The van der Waals surface area contributed by atoms with Gasteiger partial charge in [0.15, 0.2) is 19.7 Å². The molecule has 2 heterocycles. The van der Waals surface area contributed by atoms with Crippen LogP contribution in [0.4, 0.5) is 4.79 Å². The predicted molar refractivity (Wildman–Crippen MR) is 163 cm³/mol. The third-order valence-electron chi connectivity index (χ3n) is 8.23. The Labute approximate surface area is 249 Å². The number of sulfone groups is 2. The molecule has 1 N–H and O–H groups in total. The Morgan fingerprint density at radius 1 is 0.976 bits per heavy atom. The molecule has 1 atom stereocenters. The molecular weight excluding hydrogens is 576 g/mol. The van der Waals surface area contributed by atoms with Crippen molar-refractivity contribution in [3.05, 3.63) is 65.7 Å². The second-order valence-corrected chi connectivity index (χ2v) is 15.5. The first-order valence-electron chi connectivity index (χ1n) is 14.6. The minimum absolute atomic E-state index is 0.00187. The number of urea groups is 1. The molecule has 12 heteroatoms. The molecule has 0 unspecified atom stereocenters. The summed E-state index contributed by atoms with van der Waals surface area (Å²) in [7, 11) is -6.34. The van der Waals surface area contributed by atoms with Gasteiger partial charge in [0, 0.05) is 51.6 Å². The van der Waals surface area contributed by atoms with E-state index in [1.807, 2.05) is 42.2 Å². The van der Waals surface area contributed by atoms with Crippen molar-refractivity contribution in [2.75, 3.05) is 57.0 Å². The second kappa shape index (κ2) is 14.0. The van der Waals surface area contributed by atoms with Crippen LogP contribution in [0.15, 0.2) is 59.5 Å². The molecule has 2 fully saturated rings. The summed E-state index contributed by atoms with van der Waals surface area (Å²) in [5.41, 5.74) is 1.81. The van der Waals surface area contributed by atoms with E-state index in [0.717, 1.165) is 43.6 Å². The number of hydrogen-bond acceptors (Lipinski definition) is 7. The van der Waals surface area contributed by atoms with E-state index in [-0.39, 0.29) is 59.9 Å². The molecule has 2 aliphatic heterocycles. The molecule has 0 radical (unpaired) electrons. The first kappa shape index (κ1) is 32.0. The number of carbonyl (C=O) groups excluding carboxylic acids is 2. The number of hydrogen-bond donors (Lipinski definition) is 1. The topological polar surface area (TPSA) is 124 Å². The first-order valence-corrected chi connectivity index (χ1v) is 18.3. The Bertz CT molecular complexity index is 1410. The van der Waals surface area contributed by atoms with E-state index in [4.69, 9.17) is 0 Å². The molecule has 2 saturated heterocycles. The van der Waals surface area contributed by atoms with Gasteiger partial charge in [-0.3, -0.25) is 4.79 Å². The van der Waals surface area contributed by atoms with E-state index in [1.54, 1.807) is 29.2 Å². The monoisotopic (exact) mass is 618 g/mol. The van der Waals surface area contributed by atoms with Crippen LogP contribution >= 0.6 is 0 Å².